The van der Waals surface area contributed by atoms with Crippen molar-refractivity contribution >= 4 is 5.97 Å². The average molecular weight is 385 g/mol. The predicted molar refractivity (Wildman–Crippen MR) is 94.3 cm³/mol. The lowest BCUT2D eigenvalue weighted by molar-refractivity contribution is -0.139. The van der Waals surface area contributed by atoms with E-state index in [0.29, 0.717) is 12.3 Å². The van der Waals surface area contributed by atoms with Crippen molar-refractivity contribution in [2.75, 3.05) is 26.3 Å². The summed E-state index contributed by atoms with van der Waals surface area (Å²) in [6.45, 7) is 3.17. The number of nitrogens with zero attached hydrogens (tertiary/aromatic N) is 1. The third-order valence-corrected chi connectivity index (χ3v) is 5.74. The molecule has 27 heavy (non-hydrogen) atoms. The smallest absolute Gasteiger partial charge is 0.416 e. The Morgan fingerprint density at radius 3 is 2.37 bits per heavy atom. The number of alkyl halides is 3. The molecule has 0 unspecified atom stereocenters. The molecule has 3 rings (SSSR count). The Morgan fingerprint density at radius 1 is 1.11 bits per heavy atom. The lowest BCUT2D eigenvalue weighted by Crippen LogP contribution is -2.41. The number of likely N-dealkylation sites (tertiary alicyclic amines) is 1. The molecule has 2 fully saturated rings. The molecule has 2 heterocycles. The highest BCUT2D eigenvalue weighted by Crippen LogP contribution is 2.38. The Balaban J connectivity index is 1.76. The molecule has 1 aromatic carbocycles. The van der Waals surface area contributed by atoms with E-state index in [-0.39, 0.29) is 18.4 Å². The Labute approximate surface area is 157 Å². The molecule has 7 heteroatoms. The zero-order valence-corrected chi connectivity index (χ0v) is 15.3. The van der Waals surface area contributed by atoms with E-state index in [0.717, 1.165) is 63.3 Å². The van der Waals surface area contributed by atoms with E-state index in [9.17, 15) is 18.0 Å². The van der Waals surface area contributed by atoms with Crippen molar-refractivity contribution in [2.24, 2.45) is 11.8 Å². The molecule has 2 aliphatic rings. The summed E-state index contributed by atoms with van der Waals surface area (Å²) >= 11 is 0. The largest absolute Gasteiger partial charge is 0.481 e. The minimum atomic E-state index is -4.35. The highest BCUT2D eigenvalue weighted by Gasteiger charge is 2.34. The minimum Gasteiger partial charge on any atom is -0.481 e. The molecule has 0 saturated carbocycles. The number of benzene rings is 1. The summed E-state index contributed by atoms with van der Waals surface area (Å²) in [5.41, 5.74) is 0.185. The lowest BCUT2D eigenvalue weighted by atomic mass is 9.84. The Hall–Kier alpha value is -1.60. The van der Waals surface area contributed by atoms with Gasteiger partial charge in [-0.3, -0.25) is 9.69 Å². The molecule has 0 aliphatic carbocycles. The third-order valence-electron chi connectivity index (χ3n) is 5.74. The number of hydrogen-bond acceptors (Lipinski definition) is 3. The topological polar surface area (TPSA) is 49.8 Å². The van der Waals surface area contributed by atoms with Crippen molar-refractivity contribution in [3.63, 3.8) is 0 Å². The second kappa shape index (κ2) is 8.61. The second-order valence-corrected chi connectivity index (χ2v) is 7.67. The van der Waals surface area contributed by atoms with Gasteiger partial charge in [-0.05, 0) is 61.8 Å². The van der Waals surface area contributed by atoms with Crippen molar-refractivity contribution in [3.8, 4) is 0 Å². The van der Waals surface area contributed by atoms with Gasteiger partial charge in [0.05, 0.1) is 5.56 Å². The molecule has 2 aliphatic heterocycles. The normalized spacial score (nSPS) is 25.4. The number of halogens is 3. The van der Waals surface area contributed by atoms with E-state index in [2.05, 4.69) is 4.90 Å². The number of aliphatic carboxylic acids is 1. The molecular formula is C20H26F3NO3. The molecule has 2 saturated heterocycles. The zero-order chi connectivity index (χ0) is 19.4. The molecule has 4 nitrogen and oxygen atoms in total. The fourth-order valence-corrected chi connectivity index (χ4v) is 4.24. The van der Waals surface area contributed by atoms with Gasteiger partial charge in [-0.15, -0.1) is 0 Å². The van der Waals surface area contributed by atoms with Crippen LogP contribution in [0.15, 0.2) is 24.3 Å². The Bertz CT molecular complexity index is 626. The monoisotopic (exact) mass is 385 g/mol. The van der Waals surface area contributed by atoms with Crippen molar-refractivity contribution in [2.45, 2.75) is 44.3 Å². The molecule has 0 radical (unpaired) electrons. The first-order valence-electron chi connectivity index (χ1n) is 9.53. The SMILES string of the molecule is O=C(O)C[C@@H]1CCN(CC2CCOCC2)[C@H](c2ccc(C(F)(F)F)cc2)C1. The van der Waals surface area contributed by atoms with Crippen LogP contribution in [0.3, 0.4) is 0 Å². The average Bonchev–Trinajstić information content (AvgIpc) is 2.63. The maximum Gasteiger partial charge on any atom is 0.416 e. The van der Waals surface area contributed by atoms with Gasteiger partial charge in [0.25, 0.3) is 0 Å². The molecule has 1 aromatic rings. The summed E-state index contributed by atoms with van der Waals surface area (Å²) in [6, 6.07) is 5.32. The Kier molecular flexibility index (Phi) is 6.42. The maximum atomic E-state index is 12.9. The van der Waals surface area contributed by atoms with E-state index in [1.165, 1.54) is 0 Å². The standard InChI is InChI=1S/C20H26F3NO3/c21-20(22,23)17-3-1-16(2-4-17)18-11-15(12-19(25)26)5-8-24(18)13-14-6-9-27-10-7-14/h1-4,14-15,18H,5-13H2,(H,25,26)/t15-,18+/m1/s1. The van der Waals surface area contributed by atoms with Crippen LogP contribution >= 0.6 is 0 Å². The number of carboxylic acids is 1. The van der Waals surface area contributed by atoms with Crippen LogP contribution < -0.4 is 0 Å². The summed E-state index contributed by atoms with van der Waals surface area (Å²) in [7, 11) is 0. The Morgan fingerprint density at radius 2 is 1.78 bits per heavy atom. The second-order valence-electron chi connectivity index (χ2n) is 7.67. The lowest BCUT2D eigenvalue weighted by Gasteiger charge is -2.41. The van der Waals surface area contributed by atoms with Gasteiger partial charge >= 0.3 is 12.1 Å². The van der Waals surface area contributed by atoms with Gasteiger partial charge < -0.3 is 9.84 Å². The molecule has 1 N–H and O–H groups in total. The minimum absolute atomic E-state index is 0.0340. The number of carbonyl (C=O) groups is 1. The van der Waals surface area contributed by atoms with E-state index in [1.807, 2.05) is 0 Å². The fraction of sp³-hybridized carbons (Fsp3) is 0.650. The number of hydrogen-bond donors (Lipinski definition) is 1. The van der Waals surface area contributed by atoms with Gasteiger partial charge in [0.2, 0.25) is 0 Å². The quantitative estimate of drug-likeness (QED) is 0.818. The van der Waals surface area contributed by atoms with Gasteiger partial charge in [-0.2, -0.15) is 13.2 Å². The summed E-state index contributed by atoms with van der Waals surface area (Å²) in [6.07, 6.45) is -0.766. The van der Waals surface area contributed by atoms with Crippen molar-refractivity contribution in [1.29, 1.82) is 0 Å². The molecule has 2 atom stereocenters. The summed E-state index contributed by atoms with van der Waals surface area (Å²) in [4.78, 5) is 13.4. The fourth-order valence-electron chi connectivity index (χ4n) is 4.24. The van der Waals surface area contributed by atoms with Gasteiger partial charge in [-0.1, -0.05) is 12.1 Å². The van der Waals surface area contributed by atoms with Crippen LogP contribution in [0, 0.1) is 11.8 Å². The summed E-state index contributed by atoms with van der Waals surface area (Å²) in [5, 5.41) is 9.12. The number of rotatable bonds is 5. The van der Waals surface area contributed by atoms with Crippen LogP contribution in [0.1, 0.15) is 49.3 Å². The first kappa shape index (κ1) is 20.1. The van der Waals surface area contributed by atoms with Crippen molar-refractivity contribution < 1.29 is 27.8 Å². The van der Waals surface area contributed by atoms with Crippen LogP contribution in [0.2, 0.25) is 0 Å². The molecule has 0 bridgehead atoms. The van der Waals surface area contributed by atoms with Gasteiger partial charge in [-0.25, -0.2) is 0 Å². The summed E-state index contributed by atoms with van der Waals surface area (Å²) in [5.74, 6) is -0.239. The van der Waals surface area contributed by atoms with Crippen molar-refractivity contribution in [1.82, 2.24) is 4.90 Å². The van der Waals surface area contributed by atoms with E-state index >= 15 is 0 Å². The first-order chi connectivity index (χ1) is 12.8. The number of carboxylic acid groups (broad SMARTS) is 1. The van der Waals surface area contributed by atoms with E-state index < -0.39 is 17.7 Å². The van der Waals surface area contributed by atoms with E-state index in [4.69, 9.17) is 9.84 Å². The molecule has 0 amide bonds. The predicted octanol–water partition coefficient (Wildman–Crippen LogP) is 4.36. The van der Waals surface area contributed by atoms with Gasteiger partial charge in [0.15, 0.2) is 0 Å². The van der Waals surface area contributed by atoms with Crippen LogP contribution in [-0.2, 0) is 15.7 Å². The molecule has 0 aromatic heterocycles. The maximum absolute atomic E-state index is 12.9. The highest BCUT2D eigenvalue weighted by atomic mass is 19.4. The van der Waals surface area contributed by atoms with Crippen LogP contribution in [0.4, 0.5) is 13.2 Å². The van der Waals surface area contributed by atoms with Crippen molar-refractivity contribution in [3.05, 3.63) is 35.4 Å². The van der Waals surface area contributed by atoms with Gasteiger partial charge in [0, 0.05) is 32.2 Å². The van der Waals surface area contributed by atoms with E-state index in [1.54, 1.807) is 12.1 Å². The number of ether oxygens (including phenoxy) is 1. The van der Waals surface area contributed by atoms with Crippen LogP contribution in [0.25, 0.3) is 0 Å². The molecular weight excluding hydrogens is 359 g/mol. The third kappa shape index (κ3) is 5.45. The highest BCUT2D eigenvalue weighted by molar-refractivity contribution is 5.67. The van der Waals surface area contributed by atoms with Crippen LogP contribution in [-0.4, -0.2) is 42.3 Å². The first-order valence-corrected chi connectivity index (χ1v) is 9.53. The molecule has 0 spiro atoms. The zero-order valence-electron chi connectivity index (χ0n) is 15.3. The summed E-state index contributed by atoms with van der Waals surface area (Å²) < 4.78 is 44.0. The molecule has 150 valence electrons. The van der Waals surface area contributed by atoms with Gasteiger partial charge in [0.1, 0.15) is 0 Å². The van der Waals surface area contributed by atoms with Crippen LogP contribution in [0.5, 0.6) is 0 Å². The number of piperidine rings is 1.